The number of hydrogen-bond donors (Lipinski definition) is 1. The normalized spacial score (nSPS) is 17.0. The van der Waals surface area contributed by atoms with E-state index in [0.29, 0.717) is 30.8 Å². The first-order valence-corrected chi connectivity index (χ1v) is 13.4. The number of ether oxygens (including phenoxy) is 2. The smallest absolute Gasteiger partial charge is 0.236 e. The van der Waals surface area contributed by atoms with Gasteiger partial charge in [-0.05, 0) is 53.1 Å². The molecule has 2 aromatic carbocycles. The summed E-state index contributed by atoms with van der Waals surface area (Å²) in [5.41, 5.74) is 6.29. The van der Waals surface area contributed by atoms with E-state index in [9.17, 15) is 10.1 Å². The number of nitriles is 2. The van der Waals surface area contributed by atoms with Crippen LogP contribution in [-0.2, 0) is 9.53 Å². The van der Waals surface area contributed by atoms with Crippen molar-refractivity contribution in [3.63, 3.8) is 0 Å². The van der Waals surface area contributed by atoms with Crippen molar-refractivity contribution in [3.8, 4) is 40.3 Å². The summed E-state index contributed by atoms with van der Waals surface area (Å²) in [5, 5.41) is 19.7. The van der Waals surface area contributed by atoms with Crippen molar-refractivity contribution < 1.29 is 14.3 Å². The number of fused-ring (bicyclic) bond motifs is 1. The van der Waals surface area contributed by atoms with Gasteiger partial charge in [-0.25, -0.2) is 4.98 Å². The Morgan fingerprint density at radius 2 is 1.85 bits per heavy atom. The third-order valence-electron chi connectivity index (χ3n) is 7.52. The number of nitrogens with zero attached hydrogens (tertiary/aromatic N) is 5. The second-order valence-corrected chi connectivity index (χ2v) is 9.98. The van der Waals surface area contributed by atoms with Crippen LogP contribution in [0.15, 0.2) is 60.8 Å². The summed E-state index contributed by atoms with van der Waals surface area (Å²) in [6.45, 7) is 4.26. The van der Waals surface area contributed by atoms with Gasteiger partial charge < -0.3 is 24.3 Å². The zero-order chi connectivity index (χ0) is 27.5. The Kier molecular flexibility index (Phi) is 7.05. The summed E-state index contributed by atoms with van der Waals surface area (Å²) in [6.07, 6.45) is 2.08. The summed E-state index contributed by atoms with van der Waals surface area (Å²) < 4.78 is 11.6. The lowest BCUT2D eigenvalue weighted by molar-refractivity contribution is -0.129. The molecule has 1 N–H and O–H groups in total. The number of hydrogen-bond acceptors (Lipinski definition) is 7. The predicted molar refractivity (Wildman–Crippen MR) is 151 cm³/mol. The third kappa shape index (κ3) is 5.07. The SMILES string of the molecule is N#CCC(=O)N1CC[C@@H](Oc2ccc(-c3ccnc4[nH]c(-c5ccc(N6CCOCC6)cc5)cc34)cc2C#N)C1. The first-order chi connectivity index (χ1) is 19.6. The molecule has 0 saturated carbocycles. The first kappa shape index (κ1) is 25.4. The fourth-order valence-corrected chi connectivity index (χ4v) is 5.41. The Labute approximate surface area is 232 Å². The van der Waals surface area contributed by atoms with E-state index in [1.807, 2.05) is 30.3 Å². The number of likely N-dealkylation sites (tertiary alicyclic amines) is 1. The summed E-state index contributed by atoms with van der Waals surface area (Å²) in [7, 11) is 0. The molecule has 200 valence electrons. The van der Waals surface area contributed by atoms with Crippen LogP contribution in [-0.4, -0.2) is 66.3 Å². The number of carbonyl (C=O) groups excluding carboxylic acids is 1. The van der Waals surface area contributed by atoms with Crippen molar-refractivity contribution >= 4 is 22.6 Å². The molecule has 6 rings (SSSR count). The number of anilines is 1. The molecule has 1 amide bonds. The number of nitrogens with one attached hydrogen (secondary N) is 1. The van der Waals surface area contributed by atoms with Gasteiger partial charge in [-0.15, -0.1) is 0 Å². The number of pyridine rings is 1. The molecule has 2 aliphatic rings. The van der Waals surface area contributed by atoms with Crippen molar-refractivity contribution in [2.45, 2.75) is 18.9 Å². The zero-order valence-corrected chi connectivity index (χ0v) is 22.0. The highest BCUT2D eigenvalue weighted by atomic mass is 16.5. The monoisotopic (exact) mass is 532 g/mol. The molecule has 9 nitrogen and oxygen atoms in total. The number of aromatic amines is 1. The van der Waals surface area contributed by atoms with Crippen LogP contribution in [0.2, 0.25) is 0 Å². The first-order valence-electron chi connectivity index (χ1n) is 13.4. The predicted octanol–water partition coefficient (Wildman–Crippen LogP) is 4.50. The van der Waals surface area contributed by atoms with E-state index in [1.54, 1.807) is 11.1 Å². The van der Waals surface area contributed by atoms with Crippen molar-refractivity contribution in [1.29, 1.82) is 10.5 Å². The fourth-order valence-electron chi connectivity index (χ4n) is 5.41. The van der Waals surface area contributed by atoms with Crippen LogP contribution in [0.25, 0.3) is 33.4 Å². The highest BCUT2D eigenvalue weighted by Crippen LogP contribution is 2.34. The van der Waals surface area contributed by atoms with E-state index in [0.717, 1.165) is 59.7 Å². The van der Waals surface area contributed by atoms with Crippen LogP contribution in [0.4, 0.5) is 5.69 Å². The van der Waals surface area contributed by atoms with E-state index in [1.165, 1.54) is 5.69 Å². The van der Waals surface area contributed by atoms with Gasteiger partial charge in [0, 0.05) is 49.0 Å². The molecule has 0 bridgehead atoms. The van der Waals surface area contributed by atoms with E-state index < -0.39 is 0 Å². The molecule has 0 radical (unpaired) electrons. The summed E-state index contributed by atoms with van der Waals surface area (Å²) in [4.78, 5) is 24.0. The maximum atomic E-state index is 12.0. The molecule has 4 aromatic rings. The Bertz CT molecular complexity index is 1630. The Morgan fingerprint density at radius 1 is 1.05 bits per heavy atom. The number of aromatic nitrogens is 2. The standard InChI is InChI=1S/C31H28N6O3/c32-10-7-30(38)37-12-9-25(20-37)40-29-6-3-22(17-23(29)19-33)26-8-11-34-31-27(26)18-28(35-31)21-1-4-24(5-2-21)36-13-15-39-16-14-36/h1-6,8,11,17-18,25H,7,9,12-16,20H2,(H,34,35)/t25-/m1/s1. The van der Waals surface area contributed by atoms with Gasteiger partial charge in [0.05, 0.1) is 31.4 Å². The quantitative estimate of drug-likeness (QED) is 0.388. The van der Waals surface area contributed by atoms with Crippen LogP contribution in [0, 0.1) is 22.7 Å². The zero-order valence-electron chi connectivity index (χ0n) is 22.0. The lowest BCUT2D eigenvalue weighted by Gasteiger charge is -2.28. The second-order valence-electron chi connectivity index (χ2n) is 9.98. The van der Waals surface area contributed by atoms with Gasteiger partial charge in [-0.3, -0.25) is 4.79 Å². The lowest BCUT2D eigenvalue weighted by Crippen LogP contribution is -2.36. The number of benzene rings is 2. The minimum absolute atomic E-state index is 0.133. The Balaban J connectivity index is 1.23. The van der Waals surface area contributed by atoms with Crippen LogP contribution < -0.4 is 9.64 Å². The highest BCUT2D eigenvalue weighted by Gasteiger charge is 2.28. The Morgan fingerprint density at radius 3 is 2.62 bits per heavy atom. The molecule has 40 heavy (non-hydrogen) atoms. The average molecular weight is 533 g/mol. The van der Waals surface area contributed by atoms with Gasteiger partial charge in [0.15, 0.2) is 0 Å². The Hall–Kier alpha value is -4.86. The highest BCUT2D eigenvalue weighted by molar-refractivity contribution is 5.96. The molecular formula is C31H28N6O3. The summed E-state index contributed by atoms with van der Waals surface area (Å²) in [5.74, 6) is 0.302. The number of morpholine rings is 1. The summed E-state index contributed by atoms with van der Waals surface area (Å²) in [6, 6.07) is 22.3. The van der Waals surface area contributed by atoms with Gasteiger partial charge >= 0.3 is 0 Å². The topological polar surface area (TPSA) is 118 Å². The van der Waals surface area contributed by atoms with Gasteiger partial charge in [0.1, 0.15) is 30.0 Å². The van der Waals surface area contributed by atoms with E-state index >= 15 is 0 Å². The molecule has 9 heteroatoms. The number of H-pyrrole nitrogens is 1. The van der Waals surface area contributed by atoms with Crippen LogP contribution in [0.1, 0.15) is 18.4 Å². The minimum Gasteiger partial charge on any atom is -0.487 e. The van der Waals surface area contributed by atoms with Crippen LogP contribution >= 0.6 is 0 Å². The van der Waals surface area contributed by atoms with E-state index in [4.69, 9.17) is 14.7 Å². The number of amides is 1. The van der Waals surface area contributed by atoms with Crippen molar-refractivity contribution in [2.24, 2.45) is 0 Å². The average Bonchev–Trinajstić information content (AvgIpc) is 3.66. The molecular weight excluding hydrogens is 504 g/mol. The molecule has 4 heterocycles. The molecule has 2 aliphatic heterocycles. The van der Waals surface area contributed by atoms with E-state index in [-0.39, 0.29) is 18.4 Å². The van der Waals surface area contributed by atoms with Crippen LogP contribution in [0.5, 0.6) is 5.75 Å². The fraction of sp³-hybridized carbons (Fsp3) is 0.290. The molecule has 0 unspecified atom stereocenters. The molecule has 2 saturated heterocycles. The largest absolute Gasteiger partial charge is 0.487 e. The second kappa shape index (κ2) is 11.1. The lowest BCUT2D eigenvalue weighted by atomic mass is 10.0. The van der Waals surface area contributed by atoms with Gasteiger partial charge in [-0.2, -0.15) is 10.5 Å². The molecule has 2 aromatic heterocycles. The van der Waals surface area contributed by atoms with E-state index in [2.05, 4.69) is 51.3 Å². The van der Waals surface area contributed by atoms with Gasteiger partial charge in [0.2, 0.25) is 5.91 Å². The van der Waals surface area contributed by atoms with Crippen LogP contribution in [0.3, 0.4) is 0 Å². The minimum atomic E-state index is -0.213. The number of rotatable bonds is 6. The molecule has 2 fully saturated rings. The van der Waals surface area contributed by atoms with Gasteiger partial charge in [0.25, 0.3) is 0 Å². The van der Waals surface area contributed by atoms with Crippen molar-refractivity contribution in [2.75, 3.05) is 44.3 Å². The van der Waals surface area contributed by atoms with Crippen molar-refractivity contribution in [3.05, 3.63) is 66.4 Å². The van der Waals surface area contributed by atoms with Crippen molar-refractivity contribution in [1.82, 2.24) is 14.9 Å². The third-order valence-corrected chi connectivity index (χ3v) is 7.52. The molecule has 0 spiro atoms. The maximum Gasteiger partial charge on any atom is 0.236 e. The molecule has 1 atom stereocenters. The maximum absolute atomic E-state index is 12.0. The summed E-state index contributed by atoms with van der Waals surface area (Å²) >= 11 is 0. The number of carbonyl (C=O) groups is 1. The molecule has 0 aliphatic carbocycles. The van der Waals surface area contributed by atoms with Gasteiger partial charge in [-0.1, -0.05) is 18.2 Å².